The van der Waals surface area contributed by atoms with Crippen LogP contribution in [0.25, 0.3) is 21.7 Å². The number of benzene rings is 1. The van der Waals surface area contributed by atoms with Crippen molar-refractivity contribution >= 4 is 22.3 Å². The molecule has 0 aliphatic rings. The van der Waals surface area contributed by atoms with Gasteiger partial charge in [0.25, 0.3) is 0 Å². The maximum atomic E-state index is 11.3. The summed E-state index contributed by atoms with van der Waals surface area (Å²) < 4.78 is 16.6. The van der Waals surface area contributed by atoms with Crippen LogP contribution in [0.2, 0.25) is 0 Å². The van der Waals surface area contributed by atoms with E-state index in [-0.39, 0.29) is 12.2 Å². The van der Waals surface area contributed by atoms with E-state index in [1.54, 1.807) is 23.5 Å². The highest BCUT2D eigenvalue weighted by molar-refractivity contribution is 7.13. The van der Waals surface area contributed by atoms with Gasteiger partial charge in [-0.15, -0.1) is 11.3 Å². The van der Waals surface area contributed by atoms with Gasteiger partial charge >= 0.3 is 5.63 Å². The molecule has 0 saturated heterocycles. The Morgan fingerprint density at radius 3 is 2.88 bits per heavy atom. The second-order valence-corrected chi connectivity index (χ2v) is 6.19. The predicted octanol–water partition coefficient (Wildman–Crippen LogP) is 4.40. The predicted molar refractivity (Wildman–Crippen MR) is 91.4 cm³/mol. The van der Waals surface area contributed by atoms with Gasteiger partial charge in [0.15, 0.2) is 0 Å². The van der Waals surface area contributed by atoms with E-state index in [0.29, 0.717) is 17.2 Å². The van der Waals surface area contributed by atoms with Gasteiger partial charge in [-0.25, -0.2) is 9.78 Å². The summed E-state index contributed by atoms with van der Waals surface area (Å²) in [5, 5.41) is 2.83. The number of nitrogens with zero attached hydrogens (tertiary/aromatic N) is 1. The largest absolute Gasteiger partial charge is 0.487 e. The Bertz CT molecular complexity index is 1050. The topological polar surface area (TPSA) is 65.5 Å². The minimum atomic E-state index is -0.382. The Kier molecular flexibility index (Phi) is 3.66. The van der Waals surface area contributed by atoms with Crippen LogP contribution in [0.15, 0.2) is 61.5 Å². The number of fused-ring (bicyclic) bond motifs is 1. The number of aryl methyl sites for hydroxylation is 1. The number of aromatic nitrogens is 1. The summed E-state index contributed by atoms with van der Waals surface area (Å²) in [6, 6.07) is 12.4. The highest BCUT2D eigenvalue weighted by atomic mass is 32.1. The summed E-state index contributed by atoms with van der Waals surface area (Å²) in [6.07, 6.45) is 0. The van der Waals surface area contributed by atoms with E-state index in [2.05, 4.69) is 4.98 Å². The van der Waals surface area contributed by atoms with E-state index in [9.17, 15) is 4.79 Å². The lowest BCUT2D eigenvalue weighted by Crippen LogP contribution is -1.98. The van der Waals surface area contributed by atoms with E-state index in [1.165, 1.54) is 6.07 Å². The van der Waals surface area contributed by atoms with Gasteiger partial charge < -0.3 is 13.6 Å². The lowest BCUT2D eigenvalue weighted by molar-refractivity contribution is 0.299. The van der Waals surface area contributed by atoms with E-state index in [0.717, 1.165) is 21.7 Å². The molecule has 4 aromatic rings. The molecule has 0 saturated carbocycles. The first kappa shape index (κ1) is 14.7. The van der Waals surface area contributed by atoms with Crippen molar-refractivity contribution < 1.29 is 13.6 Å². The third-order valence-electron chi connectivity index (χ3n) is 3.59. The molecule has 0 bridgehead atoms. The monoisotopic (exact) mass is 339 g/mol. The summed E-state index contributed by atoms with van der Waals surface area (Å²) in [7, 11) is 0. The summed E-state index contributed by atoms with van der Waals surface area (Å²) in [5.41, 5.74) is 0.858. The van der Waals surface area contributed by atoms with Crippen molar-refractivity contribution in [2.45, 2.75) is 13.5 Å². The van der Waals surface area contributed by atoms with Crippen LogP contribution in [0.4, 0.5) is 0 Å². The van der Waals surface area contributed by atoms with Gasteiger partial charge in [0, 0.05) is 17.5 Å². The molecule has 0 amide bonds. The minimum Gasteiger partial charge on any atom is -0.487 e. The number of rotatable bonds is 4. The van der Waals surface area contributed by atoms with E-state index >= 15 is 0 Å². The van der Waals surface area contributed by atoms with Gasteiger partial charge in [0.2, 0.25) is 5.89 Å². The van der Waals surface area contributed by atoms with Crippen molar-refractivity contribution in [1.82, 2.24) is 4.98 Å². The molecule has 4 rings (SSSR count). The fourth-order valence-corrected chi connectivity index (χ4v) is 3.00. The Morgan fingerprint density at radius 2 is 2.04 bits per heavy atom. The van der Waals surface area contributed by atoms with Crippen LogP contribution < -0.4 is 10.4 Å². The van der Waals surface area contributed by atoms with E-state index in [4.69, 9.17) is 13.6 Å². The molecular weight excluding hydrogens is 326 g/mol. The molecule has 3 heterocycles. The molecule has 0 unspecified atom stereocenters. The summed E-state index contributed by atoms with van der Waals surface area (Å²) >= 11 is 1.58. The van der Waals surface area contributed by atoms with Crippen molar-refractivity contribution in [2.24, 2.45) is 0 Å². The maximum absolute atomic E-state index is 11.3. The van der Waals surface area contributed by atoms with Crippen LogP contribution in [0, 0.1) is 6.92 Å². The second-order valence-electron chi connectivity index (χ2n) is 5.24. The molecule has 0 N–H and O–H groups in total. The molecule has 0 spiro atoms. The quantitative estimate of drug-likeness (QED) is 0.516. The van der Waals surface area contributed by atoms with Gasteiger partial charge in [-0.2, -0.15) is 0 Å². The van der Waals surface area contributed by atoms with Crippen LogP contribution >= 0.6 is 11.3 Å². The fourth-order valence-electron chi connectivity index (χ4n) is 2.35. The number of thiophene rings is 1. The van der Waals surface area contributed by atoms with Crippen molar-refractivity contribution in [3.8, 4) is 16.5 Å². The van der Waals surface area contributed by atoms with Crippen LogP contribution in [-0.2, 0) is 6.61 Å². The first-order valence-electron chi connectivity index (χ1n) is 7.36. The number of hydrogen-bond acceptors (Lipinski definition) is 6. The van der Waals surface area contributed by atoms with Gasteiger partial charge in [-0.05, 0) is 36.6 Å². The molecule has 24 heavy (non-hydrogen) atoms. The maximum Gasteiger partial charge on any atom is 0.336 e. The van der Waals surface area contributed by atoms with Crippen molar-refractivity contribution in [1.29, 1.82) is 0 Å². The van der Waals surface area contributed by atoms with Crippen molar-refractivity contribution in [3.63, 3.8) is 0 Å². The molecule has 6 heteroatoms. The fraction of sp³-hybridized carbons (Fsp3) is 0.111. The molecule has 120 valence electrons. The zero-order chi connectivity index (χ0) is 16.5. The lowest BCUT2D eigenvalue weighted by atomic mass is 10.2. The number of hydrogen-bond donors (Lipinski definition) is 0. The molecule has 0 fully saturated rings. The molecule has 0 aliphatic carbocycles. The smallest absolute Gasteiger partial charge is 0.336 e. The Hall–Kier alpha value is -2.86. The third-order valence-corrected chi connectivity index (χ3v) is 4.45. The average Bonchev–Trinajstić information content (AvgIpc) is 3.22. The summed E-state index contributed by atoms with van der Waals surface area (Å²) in [4.78, 5) is 16.8. The highest BCUT2D eigenvalue weighted by Crippen LogP contribution is 2.27. The SMILES string of the molecule is Cc1oc(-c2cccs2)nc1COc1ccc2ccc(=O)oc2c1. The van der Waals surface area contributed by atoms with Crippen LogP contribution in [0.5, 0.6) is 5.75 Å². The second kappa shape index (κ2) is 5.98. The molecule has 0 atom stereocenters. The first-order chi connectivity index (χ1) is 11.7. The Morgan fingerprint density at radius 1 is 1.17 bits per heavy atom. The first-order valence-corrected chi connectivity index (χ1v) is 8.24. The van der Waals surface area contributed by atoms with Gasteiger partial charge in [0.1, 0.15) is 29.4 Å². The van der Waals surface area contributed by atoms with Crippen molar-refractivity contribution in [3.05, 3.63) is 69.7 Å². The molecule has 0 radical (unpaired) electrons. The third kappa shape index (κ3) is 2.83. The molecule has 1 aromatic carbocycles. The van der Waals surface area contributed by atoms with Crippen LogP contribution in [-0.4, -0.2) is 4.98 Å². The van der Waals surface area contributed by atoms with Gasteiger partial charge in [0.05, 0.1) is 4.88 Å². The van der Waals surface area contributed by atoms with E-state index < -0.39 is 0 Å². The van der Waals surface area contributed by atoms with Crippen LogP contribution in [0.1, 0.15) is 11.5 Å². The number of ether oxygens (including phenoxy) is 1. The molecule has 0 aliphatic heterocycles. The molecule has 3 aromatic heterocycles. The summed E-state index contributed by atoms with van der Waals surface area (Å²) in [6.45, 7) is 2.14. The van der Waals surface area contributed by atoms with Gasteiger partial charge in [-0.1, -0.05) is 6.07 Å². The summed E-state index contributed by atoms with van der Waals surface area (Å²) in [5.74, 6) is 1.94. The standard InChI is InChI=1S/C18H13NO4S/c1-11-14(19-18(22-11)16-3-2-8-24-16)10-21-13-6-4-12-5-7-17(20)23-15(12)9-13/h2-9H,10H2,1H3. The van der Waals surface area contributed by atoms with Crippen LogP contribution in [0.3, 0.4) is 0 Å². The van der Waals surface area contributed by atoms with Gasteiger partial charge in [-0.3, -0.25) is 0 Å². The minimum absolute atomic E-state index is 0.281. The normalized spacial score (nSPS) is 11.0. The Balaban J connectivity index is 1.55. The van der Waals surface area contributed by atoms with E-state index in [1.807, 2.05) is 36.6 Å². The zero-order valence-corrected chi connectivity index (χ0v) is 13.6. The highest BCUT2D eigenvalue weighted by Gasteiger charge is 2.13. The van der Waals surface area contributed by atoms with Crippen molar-refractivity contribution in [2.75, 3.05) is 0 Å². The molecular formula is C18H13NO4S. The number of oxazole rings is 1. The average molecular weight is 339 g/mol. The zero-order valence-electron chi connectivity index (χ0n) is 12.8. The Labute approximate surface area is 141 Å². The molecule has 5 nitrogen and oxygen atoms in total. The lowest BCUT2D eigenvalue weighted by Gasteiger charge is -2.05.